The Hall–Kier alpha value is -1.10. The molecule has 5 heteroatoms. The van der Waals surface area contributed by atoms with Gasteiger partial charge in [-0.3, -0.25) is 4.79 Å². The van der Waals surface area contributed by atoms with Crippen molar-refractivity contribution in [2.24, 2.45) is 0 Å². The number of hydrogen-bond donors (Lipinski definition) is 2. The largest absolute Gasteiger partial charge is 0.479 e. The molecule has 2 N–H and O–H groups in total. The maximum absolute atomic E-state index is 11.3. The molecule has 0 rings (SSSR count). The number of carboxylic acid groups (broad SMARTS) is 1. The summed E-state index contributed by atoms with van der Waals surface area (Å²) in [6, 6.07) is 0. The molecular formula is C10H19NO4. The topological polar surface area (TPSA) is 75.6 Å². The summed E-state index contributed by atoms with van der Waals surface area (Å²) in [6.45, 7) is 5.57. The number of aliphatic carboxylic acids is 1. The minimum Gasteiger partial charge on any atom is -0.479 e. The van der Waals surface area contributed by atoms with Crippen LogP contribution in [0.15, 0.2) is 0 Å². The standard InChI is InChI=1S/C10H19NO4/c1-4-5-6-11-9(12)7(2)15-8(3)10(13)14/h7-8H,4-6H2,1-3H3,(H,11,12)(H,13,14)/t7?,8-/m1/s1. The Kier molecular flexibility index (Phi) is 6.70. The lowest BCUT2D eigenvalue weighted by Crippen LogP contribution is -2.38. The molecule has 15 heavy (non-hydrogen) atoms. The lowest BCUT2D eigenvalue weighted by molar-refractivity contribution is -0.155. The summed E-state index contributed by atoms with van der Waals surface area (Å²) >= 11 is 0. The number of ether oxygens (including phenoxy) is 1. The van der Waals surface area contributed by atoms with E-state index in [1.54, 1.807) is 6.92 Å². The van der Waals surface area contributed by atoms with E-state index in [0.717, 1.165) is 12.8 Å². The lowest BCUT2D eigenvalue weighted by Gasteiger charge is -2.15. The SMILES string of the molecule is CCCCNC(=O)C(C)O[C@H](C)C(=O)O. The molecule has 0 bridgehead atoms. The molecule has 5 nitrogen and oxygen atoms in total. The summed E-state index contributed by atoms with van der Waals surface area (Å²) < 4.78 is 4.99. The number of unbranched alkanes of at least 4 members (excludes halogenated alkanes) is 1. The number of nitrogens with one attached hydrogen (secondary N) is 1. The van der Waals surface area contributed by atoms with Crippen LogP contribution in [-0.2, 0) is 14.3 Å². The zero-order valence-electron chi connectivity index (χ0n) is 9.45. The Labute approximate surface area is 89.8 Å². The highest BCUT2D eigenvalue weighted by Gasteiger charge is 2.19. The summed E-state index contributed by atoms with van der Waals surface area (Å²) in [7, 11) is 0. The van der Waals surface area contributed by atoms with Gasteiger partial charge in [0.1, 0.15) is 6.10 Å². The second kappa shape index (κ2) is 7.23. The fourth-order valence-electron chi connectivity index (χ4n) is 0.958. The predicted octanol–water partition coefficient (Wildman–Crippen LogP) is 0.781. The van der Waals surface area contributed by atoms with Gasteiger partial charge in [0.15, 0.2) is 6.10 Å². The fraction of sp³-hybridized carbons (Fsp3) is 0.800. The summed E-state index contributed by atoms with van der Waals surface area (Å²) in [5.74, 6) is -1.33. The lowest BCUT2D eigenvalue weighted by atomic mass is 10.3. The van der Waals surface area contributed by atoms with Gasteiger partial charge in [0.05, 0.1) is 0 Å². The second-order valence-electron chi connectivity index (χ2n) is 3.40. The highest BCUT2D eigenvalue weighted by molar-refractivity contribution is 5.81. The van der Waals surface area contributed by atoms with Gasteiger partial charge in [-0.1, -0.05) is 13.3 Å². The van der Waals surface area contributed by atoms with Gasteiger partial charge in [-0.05, 0) is 20.3 Å². The van der Waals surface area contributed by atoms with Crippen LogP contribution in [-0.4, -0.2) is 35.7 Å². The number of amides is 1. The van der Waals surface area contributed by atoms with Crippen LogP contribution in [0.5, 0.6) is 0 Å². The van der Waals surface area contributed by atoms with Crippen LogP contribution >= 0.6 is 0 Å². The summed E-state index contributed by atoms with van der Waals surface area (Å²) in [4.78, 5) is 21.8. The summed E-state index contributed by atoms with van der Waals surface area (Å²) in [5.41, 5.74) is 0. The van der Waals surface area contributed by atoms with Crippen molar-refractivity contribution >= 4 is 11.9 Å². The van der Waals surface area contributed by atoms with Gasteiger partial charge in [0.2, 0.25) is 5.91 Å². The van der Waals surface area contributed by atoms with Crippen molar-refractivity contribution in [2.45, 2.75) is 45.8 Å². The van der Waals surface area contributed by atoms with E-state index in [-0.39, 0.29) is 5.91 Å². The first kappa shape index (κ1) is 13.9. The van der Waals surface area contributed by atoms with E-state index in [9.17, 15) is 9.59 Å². The van der Waals surface area contributed by atoms with E-state index in [0.29, 0.717) is 6.54 Å². The molecule has 88 valence electrons. The third kappa shape index (κ3) is 6.06. The minimum atomic E-state index is -1.07. The van der Waals surface area contributed by atoms with Crippen LogP contribution < -0.4 is 5.32 Å². The van der Waals surface area contributed by atoms with Crippen LogP contribution in [0.25, 0.3) is 0 Å². The molecule has 0 aromatic rings. The number of rotatable bonds is 7. The monoisotopic (exact) mass is 217 g/mol. The molecule has 0 fully saturated rings. The molecule has 0 aromatic heterocycles. The quantitative estimate of drug-likeness (QED) is 0.618. The molecule has 0 saturated carbocycles. The number of carboxylic acids is 1. The fourth-order valence-corrected chi connectivity index (χ4v) is 0.958. The van der Waals surface area contributed by atoms with Crippen molar-refractivity contribution in [1.82, 2.24) is 5.32 Å². The van der Waals surface area contributed by atoms with Gasteiger partial charge < -0.3 is 15.2 Å². The van der Waals surface area contributed by atoms with Gasteiger partial charge in [-0.2, -0.15) is 0 Å². The van der Waals surface area contributed by atoms with Crippen LogP contribution in [0.1, 0.15) is 33.6 Å². The first-order valence-electron chi connectivity index (χ1n) is 5.15. The number of hydrogen-bond acceptors (Lipinski definition) is 3. The Morgan fingerprint density at radius 1 is 1.33 bits per heavy atom. The number of carbonyl (C=O) groups excluding carboxylic acids is 1. The van der Waals surface area contributed by atoms with Crippen LogP contribution in [0.4, 0.5) is 0 Å². The second-order valence-corrected chi connectivity index (χ2v) is 3.40. The molecule has 0 spiro atoms. The predicted molar refractivity (Wildman–Crippen MR) is 55.6 cm³/mol. The first-order chi connectivity index (χ1) is 6.99. The van der Waals surface area contributed by atoms with Crippen molar-refractivity contribution in [3.63, 3.8) is 0 Å². The Balaban J connectivity index is 3.83. The average molecular weight is 217 g/mol. The minimum absolute atomic E-state index is 0.267. The maximum Gasteiger partial charge on any atom is 0.332 e. The molecule has 1 unspecified atom stereocenters. The van der Waals surface area contributed by atoms with Gasteiger partial charge in [0.25, 0.3) is 0 Å². The van der Waals surface area contributed by atoms with Gasteiger partial charge >= 0.3 is 5.97 Å². The molecular weight excluding hydrogens is 198 g/mol. The highest BCUT2D eigenvalue weighted by Crippen LogP contribution is 1.98. The molecule has 2 atom stereocenters. The van der Waals surface area contributed by atoms with Crippen molar-refractivity contribution < 1.29 is 19.4 Å². The van der Waals surface area contributed by atoms with Crippen molar-refractivity contribution in [2.75, 3.05) is 6.54 Å². The van der Waals surface area contributed by atoms with Crippen LogP contribution in [0.3, 0.4) is 0 Å². The van der Waals surface area contributed by atoms with Crippen LogP contribution in [0, 0.1) is 0 Å². The Morgan fingerprint density at radius 2 is 1.93 bits per heavy atom. The Bertz CT molecular complexity index is 217. The van der Waals surface area contributed by atoms with E-state index >= 15 is 0 Å². The smallest absolute Gasteiger partial charge is 0.332 e. The molecule has 0 aromatic carbocycles. The van der Waals surface area contributed by atoms with Crippen molar-refractivity contribution in [3.05, 3.63) is 0 Å². The summed E-state index contributed by atoms with van der Waals surface area (Å²) in [5, 5.41) is 11.2. The molecule has 0 heterocycles. The number of carbonyl (C=O) groups is 2. The van der Waals surface area contributed by atoms with E-state index in [1.807, 2.05) is 6.92 Å². The van der Waals surface area contributed by atoms with E-state index in [4.69, 9.17) is 9.84 Å². The molecule has 0 aliphatic heterocycles. The van der Waals surface area contributed by atoms with Gasteiger partial charge in [-0.15, -0.1) is 0 Å². The van der Waals surface area contributed by atoms with Gasteiger partial charge in [0, 0.05) is 6.54 Å². The third-order valence-electron chi connectivity index (χ3n) is 1.95. The molecule has 0 aliphatic carbocycles. The average Bonchev–Trinajstić information content (AvgIpc) is 2.17. The van der Waals surface area contributed by atoms with E-state index in [1.165, 1.54) is 6.92 Å². The van der Waals surface area contributed by atoms with Crippen LogP contribution in [0.2, 0.25) is 0 Å². The molecule has 0 saturated heterocycles. The van der Waals surface area contributed by atoms with Crippen molar-refractivity contribution in [1.29, 1.82) is 0 Å². The highest BCUT2D eigenvalue weighted by atomic mass is 16.5. The van der Waals surface area contributed by atoms with Gasteiger partial charge in [-0.25, -0.2) is 4.79 Å². The molecule has 1 amide bonds. The molecule has 0 radical (unpaired) electrons. The normalized spacial score (nSPS) is 14.3. The first-order valence-corrected chi connectivity index (χ1v) is 5.15. The third-order valence-corrected chi connectivity index (χ3v) is 1.95. The maximum atomic E-state index is 11.3. The van der Waals surface area contributed by atoms with E-state index in [2.05, 4.69) is 5.32 Å². The van der Waals surface area contributed by atoms with Crippen molar-refractivity contribution in [3.8, 4) is 0 Å². The Morgan fingerprint density at radius 3 is 2.40 bits per heavy atom. The van der Waals surface area contributed by atoms with E-state index < -0.39 is 18.2 Å². The zero-order chi connectivity index (χ0) is 11.8. The molecule has 0 aliphatic rings. The zero-order valence-corrected chi connectivity index (χ0v) is 9.45. The summed E-state index contributed by atoms with van der Waals surface area (Å²) in [6.07, 6.45) is 0.221.